The van der Waals surface area contributed by atoms with Crippen LogP contribution in [-0.2, 0) is 21.8 Å². The summed E-state index contributed by atoms with van der Waals surface area (Å²) < 4.78 is 24.2. The van der Waals surface area contributed by atoms with Gasteiger partial charge in [-0.25, -0.2) is 8.42 Å². The monoisotopic (exact) mass is 428 g/mol. The van der Waals surface area contributed by atoms with E-state index in [0.717, 1.165) is 16.8 Å². The Hall–Kier alpha value is -2.34. The predicted octanol–water partition coefficient (Wildman–Crippen LogP) is 3.88. The van der Waals surface area contributed by atoms with Gasteiger partial charge in [0.15, 0.2) is 9.84 Å². The average Bonchev–Trinajstić information content (AvgIpc) is 3.05. The van der Waals surface area contributed by atoms with Gasteiger partial charge >= 0.3 is 0 Å². The second-order valence-corrected chi connectivity index (χ2v) is 11.6. The van der Waals surface area contributed by atoms with Gasteiger partial charge in [0.2, 0.25) is 0 Å². The molecule has 0 spiro atoms. The van der Waals surface area contributed by atoms with Gasteiger partial charge in [0, 0.05) is 37.9 Å². The van der Waals surface area contributed by atoms with E-state index in [-0.39, 0.29) is 28.9 Å². The van der Waals surface area contributed by atoms with Gasteiger partial charge < -0.3 is 9.80 Å². The lowest BCUT2D eigenvalue weighted by atomic mass is 9.86. The van der Waals surface area contributed by atoms with Crippen molar-refractivity contribution in [3.63, 3.8) is 0 Å². The van der Waals surface area contributed by atoms with Crippen molar-refractivity contribution in [3.05, 3.63) is 65.2 Å². The Kier molecular flexibility index (Phi) is 6.27. The Labute approximate surface area is 180 Å². The van der Waals surface area contributed by atoms with Crippen LogP contribution < -0.4 is 4.90 Å². The van der Waals surface area contributed by atoms with Gasteiger partial charge in [-0.05, 0) is 47.2 Å². The van der Waals surface area contributed by atoms with Crippen LogP contribution in [0.3, 0.4) is 0 Å². The highest BCUT2D eigenvalue weighted by Gasteiger charge is 2.35. The highest BCUT2D eigenvalue weighted by atomic mass is 32.2. The number of benzene rings is 2. The smallest absolute Gasteiger partial charge is 0.254 e. The molecule has 0 unspecified atom stereocenters. The molecular formula is C24H32N2O3S. The quantitative estimate of drug-likeness (QED) is 0.725. The summed E-state index contributed by atoms with van der Waals surface area (Å²) in [6.07, 6.45) is 0.490. The lowest BCUT2D eigenvalue weighted by molar-refractivity contribution is 0.0681. The van der Waals surface area contributed by atoms with Crippen LogP contribution in [0, 0.1) is 0 Å². The summed E-state index contributed by atoms with van der Waals surface area (Å²) in [5.74, 6) is 0.0627. The first-order valence-electron chi connectivity index (χ1n) is 10.3. The fourth-order valence-corrected chi connectivity index (χ4v) is 5.49. The topological polar surface area (TPSA) is 57.7 Å². The van der Waals surface area contributed by atoms with Crippen molar-refractivity contribution >= 4 is 21.4 Å². The Morgan fingerprint density at radius 2 is 1.60 bits per heavy atom. The van der Waals surface area contributed by atoms with Crippen LogP contribution >= 0.6 is 0 Å². The Bertz CT molecular complexity index is 988. The van der Waals surface area contributed by atoms with Crippen molar-refractivity contribution < 1.29 is 13.2 Å². The highest BCUT2D eigenvalue weighted by Crippen LogP contribution is 2.26. The number of carbonyl (C=O) groups excluding carboxylic acids is 1. The van der Waals surface area contributed by atoms with Gasteiger partial charge in [-0.3, -0.25) is 4.79 Å². The Morgan fingerprint density at radius 1 is 1.00 bits per heavy atom. The molecule has 6 heteroatoms. The number of sulfone groups is 1. The number of anilines is 1. The summed E-state index contributed by atoms with van der Waals surface area (Å²) in [7, 11) is 0.870. The molecule has 0 saturated carbocycles. The van der Waals surface area contributed by atoms with Crippen LogP contribution in [0.2, 0.25) is 0 Å². The minimum atomic E-state index is -3.09. The molecular weight excluding hydrogens is 396 g/mol. The van der Waals surface area contributed by atoms with Crippen LogP contribution in [0.15, 0.2) is 48.5 Å². The zero-order valence-electron chi connectivity index (χ0n) is 18.6. The van der Waals surface area contributed by atoms with Crippen LogP contribution in [0.5, 0.6) is 0 Å². The minimum Gasteiger partial charge on any atom is -0.378 e. The van der Waals surface area contributed by atoms with E-state index in [2.05, 4.69) is 20.8 Å². The molecule has 1 atom stereocenters. The summed E-state index contributed by atoms with van der Waals surface area (Å²) in [5.41, 5.74) is 3.84. The lowest BCUT2D eigenvalue weighted by Gasteiger charge is -2.29. The second kappa shape index (κ2) is 8.42. The minimum absolute atomic E-state index is 0.00891. The van der Waals surface area contributed by atoms with Gasteiger partial charge in [-0.15, -0.1) is 0 Å². The Morgan fingerprint density at radius 3 is 2.07 bits per heavy atom. The fraction of sp³-hybridized carbons (Fsp3) is 0.458. The predicted molar refractivity (Wildman–Crippen MR) is 123 cm³/mol. The summed E-state index contributed by atoms with van der Waals surface area (Å²) in [6.45, 7) is 6.80. The van der Waals surface area contributed by atoms with Crippen LogP contribution in [0.1, 0.15) is 48.7 Å². The van der Waals surface area contributed by atoms with E-state index in [0.29, 0.717) is 18.5 Å². The molecule has 1 amide bonds. The van der Waals surface area contributed by atoms with E-state index < -0.39 is 9.84 Å². The van der Waals surface area contributed by atoms with Crippen LogP contribution in [0.4, 0.5) is 5.69 Å². The SMILES string of the molecule is CN(C)c1ccc(CN(C(=O)c2ccc(C(C)(C)C)cc2)[C@H]2CCS(=O)(=O)C2)cc1. The van der Waals surface area contributed by atoms with Crippen molar-refractivity contribution in [1.29, 1.82) is 0 Å². The lowest BCUT2D eigenvalue weighted by Crippen LogP contribution is -2.40. The van der Waals surface area contributed by atoms with E-state index in [1.807, 2.05) is 67.5 Å². The molecule has 0 aromatic heterocycles. The molecule has 0 radical (unpaired) electrons. The number of hydrogen-bond acceptors (Lipinski definition) is 4. The molecule has 1 aliphatic rings. The maximum absolute atomic E-state index is 13.4. The fourth-order valence-electron chi connectivity index (χ4n) is 3.76. The number of carbonyl (C=O) groups is 1. The summed E-state index contributed by atoms with van der Waals surface area (Å²) in [5, 5.41) is 0. The van der Waals surface area contributed by atoms with E-state index in [1.54, 1.807) is 4.90 Å². The van der Waals surface area contributed by atoms with Crippen molar-refractivity contribution in [3.8, 4) is 0 Å². The number of nitrogens with zero attached hydrogens (tertiary/aromatic N) is 2. The molecule has 0 N–H and O–H groups in total. The normalized spacial score (nSPS) is 18.2. The summed E-state index contributed by atoms with van der Waals surface area (Å²) >= 11 is 0. The maximum Gasteiger partial charge on any atom is 0.254 e. The van der Waals surface area contributed by atoms with E-state index in [1.165, 1.54) is 0 Å². The van der Waals surface area contributed by atoms with Crippen molar-refractivity contribution in [2.75, 3.05) is 30.5 Å². The van der Waals surface area contributed by atoms with Crippen molar-refractivity contribution in [1.82, 2.24) is 4.90 Å². The molecule has 1 aliphatic heterocycles. The molecule has 30 heavy (non-hydrogen) atoms. The molecule has 3 rings (SSSR count). The largest absolute Gasteiger partial charge is 0.378 e. The van der Waals surface area contributed by atoms with Crippen LogP contribution in [-0.4, -0.2) is 50.9 Å². The number of hydrogen-bond donors (Lipinski definition) is 0. The van der Waals surface area contributed by atoms with E-state index in [4.69, 9.17) is 0 Å². The first kappa shape index (κ1) is 22.3. The standard InChI is InChI=1S/C24H32N2O3S/c1-24(2,3)20-10-8-19(9-11-20)23(27)26(22-14-15-30(28,29)17-22)16-18-6-12-21(13-7-18)25(4)5/h6-13,22H,14-17H2,1-5H3/t22-/m0/s1. The Balaban J connectivity index is 1.88. The molecule has 162 valence electrons. The number of amides is 1. The molecule has 2 aromatic rings. The zero-order valence-corrected chi connectivity index (χ0v) is 19.4. The zero-order chi connectivity index (χ0) is 22.1. The first-order chi connectivity index (χ1) is 14.0. The molecule has 1 saturated heterocycles. The highest BCUT2D eigenvalue weighted by molar-refractivity contribution is 7.91. The molecule has 0 aliphatic carbocycles. The van der Waals surface area contributed by atoms with E-state index in [9.17, 15) is 13.2 Å². The van der Waals surface area contributed by atoms with Gasteiger partial charge in [0.25, 0.3) is 5.91 Å². The third-order valence-corrected chi connectivity index (χ3v) is 7.46. The average molecular weight is 429 g/mol. The van der Waals surface area contributed by atoms with Crippen LogP contribution in [0.25, 0.3) is 0 Å². The molecule has 1 heterocycles. The second-order valence-electron chi connectivity index (χ2n) is 9.38. The molecule has 5 nitrogen and oxygen atoms in total. The molecule has 1 fully saturated rings. The summed E-state index contributed by atoms with van der Waals surface area (Å²) in [6, 6.07) is 15.4. The van der Waals surface area contributed by atoms with Crippen molar-refractivity contribution in [2.24, 2.45) is 0 Å². The van der Waals surface area contributed by atoms with Gasteiger partial charge in [-0.2, -0.15) is 0 Å². The van der Waals surface area contributed by atoms with Gasteiger partial charge in [0.05, 0.1) is 11.5 Å². The van der Waals surface area contributed by atoms with Gasteiger partial charge in [-0.1, -0.05) is 45.0 Å². The molecule has 0 bridgehead atoms. The third kappa shape index (κ3) is 5.22. The van der Waals surface area contributed by atoms with Gasteiger partial charge in [0.1, 0.15) is 0 Å². The maximum atomic E-state index is 13.4. The molecule has 2 aromatic carbocycles. The van der Waals surface area contributed by atoms with Crippen molar-refractivity contribution in [2.45, 2.75) is 45.2 Å². The first-order valence-corrected chi connectivity index (χ1v) is 12.2. The third-order valence-electron chi connectivity index (χ3n) is 5.71. The summed E-state index contributed by atoms with van der Waals surface area (Å²) in [4.78, 5) is 17.2. The number of rotatable bonds is 5. The van der Waals surface area contributed by atoms with E-state index >= 15 is 0 Å².